The van der Waals surface area contributed by atoms with Crippen molar-refractivity contribution >= 4 is 35.9 Å². The number of carbonyl (C=O) groups excluding carboxylic acids is 1. The van der Waals surface area contributed by atoms with Gasteiger partial charge < -0.3 is 15.4 Å². The second-order valence-electron chi connectivity index (χ2n) is 6.49. The maximum atomic E-state index is 11.8. The van der Waals surface area contributed by atoms with E-state index in [1.54, 1.807) is 7.05 Å². The van der Waals surface area contributed by atoms with E-state index in [-0.39, 0.29) is 35.9 Å². The highest BCUT2D eigenvalue weighted by atomic mass is 127. The van der Waals surface area contributed by atoms with Crippen molar-refractivity contribution < 1.29 is 9.53 Å². The summed E-state index contributed by atoms with van der Waals surface area (Å²) < 4.78 is 5.13. The van der Waals surface area contributed by atoms with Crippen LogP contribution < -0.4 is 10.6 Å². The number of benzene rings is 1. The molecule has 0 aliphatic heterocycles. The topological polar surface area (TPSA) is 62.7 Å². The summed E-state index contributed by atoms with van der Waals surface area (Å²) in [6.07, 6.45) is 4.73. The van der Waals surface area contributed by atoms with Crippen molar-refractivity contribution in [2.45, 2.75) is 58.5 Å². The van der Waals surface area contributed by atoms with E-state index in [9.17, 15) is 4.79 Å². The maximum Gasteiger partial charge on any atom is 0.308 e. The molecule has 0 unspecified atom stereocenters. The van der Waals surface area contributed by atoms with E-state index >= 15 is 0 Å². The summed E-state index contributed by atoms with van der Waals surface area (Å²) in [5, 5.41) is 6.90. The average molecular weight is 473 g/mol. The summed E-state index contributed by atoms with van der Waals surface area (Å²) in [4.78, 5) is 16.2. The molecule has 0 heterocycles. The first-order chi connectivity index (χ1) is 12.2. The molecule has 0 saturated heterocycles. The number of halogens is 1. The monoisotopic (exact) mass is 473 g/mol. The zero-order valence-corrected chi connectivity index (χ0v) is 18.4. The number of ether oxygens (including phenoxy) is 1. The first-order valence-electron chi connectivity index (χ1n) is 9.38. The Balaban J connectivity index is 0.00000338. The number of hydrogen-bond acceptors (Lipinski definition) is 3. The van der Waals surface area contributed by atoms with Gasteiger partial charge in [-0.05, 0) is 50.2 Å². The number of esters is 1. The van der Waals surface area contributed by atoms with Gasteiger partial charge in [0.05, 0.1) is 12.5 Å². The van der Waals surface area contributed by atoms with Crippen LogP contribution in [0.2, 0.25) is 0 Å². The number of guanidine groups is 1. The van der Waals surface area contributed by atoms with Crippen LogP contribution in [0.25, 0.3) is 0 Å². The maximum absolute atomic E-state index is 11.8. The quantitative estimate of drug-likeness (QED) is 0.287. The lowest BCUT2D eigenvalue weighted by Crippen LogP contribution is -2.45. The third-order valence-corrected chi connectivity index (χ3v) is 4.86. The molecule has 1 aliphatic carbocycles. The van der Waals surface area contributed by atoms with Crippen LogP contribution in [0.3, 0.4) is 0 Å². The number of aryl methyl sites for hydroxylation is 1. The molecule has 1 saturated carbocycles. The van der Waals surface area contributed by atoms with Crippen molar-refractivity contribution in [3.63, 3.8) is 0 Å². The van der Waals surface area contributed by atoms with E-state index in [1.165, 1.54) is 11.1 Å². The van der Waals surface area contributed by atoms with E-state index in [4.69, 9.17) is 4.74 Å². The molecule has 1 fully saturated rings. The second-order valence-corrected chi connectivity index (χ2v) is 6.49. The largest absolute Gasteiger partial charge is 0.466 e. The fourth-order valence-electron chi connectivity index (χ4n) is 3.38. The third kappa shape index (κ3) is 6.78. The van der Waals surface area contributed by atoms with Gasteiger partial charge in [0.15, 0.2) is 5.96 Å². The summed E-state index contributed by atoms with van der Waals surface area (Å²) in [5.41, 5.74) is 2.67. The molecule has 0 spiro atoms. The van der Waals surface area contributed by atoms with Gasteiger partial charge in [-0.15, -0.1) is 24.0 Å². The molecule has 146 valence electrons. The lowest BCUT2D eigenvalue weighted by atomic mass is 9.86. The molecule has 0 amide bonds. The number of hydrogen-bond donors (Lipinski definition) is 2. The fraction of sp³-hybridized carbons (Fsp3) is 0.600. The number of rotatable bonds is 6. The van der Waals surface area contributed by atoms with Crippen LogP contribution in [0.4, 0.5) is 0 Å². The van der Waals surface area contributed by atoms with Gasteiger partial charge in [-0.2, -0.15) is 0 Å². The van der Waals surface area contributed by atoms with Crippen LogP contribution in [-0.4, -0.2) is 31.6 Å². The Hall–Kier alpha value is -1.31. The van der Waals surface area contributed by atoms with Gasteiger partial charge in [-0.1, -0.05) is 31.2 Å². The molecule has 6 heteroatoms. The van der Waals surface area contributed by atoms with Crippen LogP contribution in [0, 0.1) is 5.92 Å². The van der Waals surface area contributed by atoms with E-state index in [1.807, 2.05) is 6.92 Å². The minimum Gasteiger partial charge on any atom is -0.466 e. The summed E-state index contributed by atoms with van der Waals surface area (Å²) >= 11 is 0. The number of nitrogens with one attached hydrogen (secondary N) is 2. The normalized spacial score (nSPS) is 20.0. The van der Waals surface area contributed by atoms with Crippen LogP contribution >= 0.6 is 24.0 Å². The Kier molecular flexibility index (Phi) is 10.6. The summed E-state index contributed by atoms with van der Waals surface area (Å²) in [6, 6.07) is 8.84. The van der Waals surface area contributed by atoms with Crippen molar-refractivity contribution in [3.05, 3.63) is 35.4 Å². The minimum absolute atomic E-state index is 0. The fourth-order valence-corrected chi connectivity index (χ4v) is 3.38. The number of carbonyl (C=O) groups is 1. The zero-order chi connectivity index (χ0) is 18.1. The van der Waals surface area contributed by atoms with Crippen LogP contribution in [-0.2, 0) is 22.5 Å². The van der Waals surface area contributed by atoms with Crippen LogP contribution in [0.1, 0.15) is 50.7 Å². The average Bonchev–Trinajstić information content (AvgIpc) is 2.66. The molecule has 2 N–H and O–H groups in total. The Morgan fingerprint density at radius 1 is 1.15 bits per heavy atom. The number of nitrogens with zero attached hydrogens (tertiary/aromatic N) is 1. The first kappa shape index (κ1) is 22.7. The molecular weight excluding hydrogens is 441 g/mol. The van der Waals surface area contributed by atoms with Gasteiger partial charge in [0.25, 0.3) is 0 Å². The summed E-state index contributed by atoms with van der Waals surface area (Å²) in [5.74, 6) is 0.842. The highest BCUT2D eigenvalue weighted by molar-refractivity contribution is 14.0. The molecule has 26 heavy (non-hydrogen) atoms. The first-order valence-corrected chi connectivity index (χ1v) is 9.38. The van der Waals surface area contributed by atoms with Gasteiger partial charge >= 0.3 is 5.97 Å². The predicted octanol–water partition coefficient (Wildman–Crippen LogP) is 3.65. The van der Waals surface area contributed by atoms with Crippen molar-refractivity contribution in [3.8, 4) is 0 Å². The highest BCUT2D eigenvalue weighted by Gasteiger charge is 2.27. The van der Waals surface area contributed by atoms with Gasteiger partial charge in [0.1, 0.15) is 0 Å². The Morgan fingerprint density at radius 2 is 1.81 bits per heavy atom. The van der Waals surface area contributed by atoms with E-state index in [0.717, 1.165) is 44.6 Å². The van der Waals surface area contributed by atoms with Crippen molar-refractivity contribution in [1.29, 1.82) is 0 Å². The summed E-state index contributed by atoms with van der Waals surface area (Å²) in [6.45, 7) is 5.26. The molecule has 2 rings (SSSR count). The SMILES string of the molecule is CCOC(=O)C1CCC(NC(=NC)NCc2ccccc2CC)CC1.I. The van der Waals surface area contributed by atoms with E-state index < -0.39 is 0 Å². The molecular formula is C20H32IN3O2. The van der Waals surface area contributed by atoms with Crippen LogP contribution in [0.15, 0.2) is 29.3 Å². The van der Waals surface area contributed by atoms with Crippen molar-refractivity contribution in [2.75, 3.05) is 13.7 Å². The summed E-state index contributed by atoms with van der Waals surface area (Å²) in [7, 11) is 1.80. The van der Waals surface area contributed by atoms with Crippen molar-refractivity contribution in [1.82, 2.24) is 10.6 Å². The smallest absolute Gasteiger partial charge is 0.308 e. The Bertz CT molecular complexity index is 584. The second kappa shape index (κ2) is 12.1. The van der Waals surface area contributed by atoms with Crippen molar-refractivity contribution in [2.24, 2.45) is 10.9 Å². The molecule has 0 atom stereocenters. The zero-order valence-electron chi connectivity index (χ0n) is 16.1. The van der Waals surface area contributed by atoms with E-state index in [0.29, 0.717) is 12.6 Å². The van der Waals surface area contributed by atoms with Gasteiger partial charge in [0.2, 0.25) is 0 Å². The Morgan fingerprint density at radius 3 is 2.38 bits per heavy atom. The molecule has 0 radical (unpaired) electrons. The predicted molar refractivity (Wildman–Crippen MR) is 117 cm³/mol. The van der Waals surface area contributed by atoms with Gasteiger partial charge in [-0.25, -0.2) is 0 Å². The van der Waals surface area contributed by atoms with Gasteiger partial charge in [-0.3, -0.25) is 9.79 Å². The molecule has 5 nitrogen and oxygen atoms in total. The molecule has 1 aromatic rings. The molecule has 1 aromatic carbocycles. The lowest BCUT2D eigenvalue weighted by molar-refractivity contribution is -0.149. The number of aliphatic imine (C=N–C) groups is 1. The Labute approximate surface area is 174 Å². The highest BCUT2D eigenvalue weighted by Crippen LogP contribution is 2.25. The molecule has 1 aliphatic rings. The van der Waals surface area contributed by atoms with E-state index in [2.05, 4.69) is 46.8 Å². The van der Waals surface area contributed by atoms with Crippen LogP contribution in [0.5, 0.6) is 0 Å². The lowest BCUT2D eigenvalue weighted by Gasteiger charge is -2.29. The minimum atomic E-state index is -0.0420. The van der Waals surface area contributed by atoms with Gasteiger partial charge in [0, 0.05) is 19.6 Å². The molecule has 0 aromatic heterocycles. The standard InChI is InChI=1S/C20H31N3O2.HI/c1-4-15-8-6-7-9-17(15)14-22-20(21-3)23-18-12-10-16(11-13-18)19(24)25-5-2;/h6-9,16,18H,4-5,10-14H2,1-3H3,(H2,21,22,23);1H. The third-order valence-electron chi connectivity index (χ3n) is 4.86. The molecule has 0 bridgehead atoms.